The van der Waals surface area contributed by atoms with Gasteiger partial charge in [-0.15, -0.1) is 0 Å². The number of sulfonamides is 1. The molecule has 8 nitrogen and oxygen atoms in total. The molecule has 0 spiro atoms. The molecule has 0 saturated carbocycles. The lowest BCUT2D eigenvalue weighted by Crippen LogP contribution is -2.19. The number of hydrogen-bond acceptors (Lipinski definition) is 5. The standard InChI is InChI=1S/C14H12ClN3O5S/c1-16-24(22,23)11-4-2-3-9(7-11)14(19)17-13-8-10(18(20)21)5-6-12(13)15/h2-8,16H,1H3,(H,17,19). The lowest BCUT2D eigenvalue weighted by Gasteiger charge is -2.08. The maximum atomic E-state index is 12.3. The van der Waals surface area contributed by atoms with Gasteiger partial charge in [0.1, 0.15) is 0 Å². The van der Waals surface area contributed by atoms with Gasteiger partial charge in [-0.1, -0.05) is 17.7 Å². The van der Waals surface area contributed by atoms with E-state index in [0.717, 1.165) is 6.07 Å². The van der Waals surface area contributed by atoms with Crippen molar-refractivity contribution >= 4 is 38.9 Å². The fourth-order valence-corrected chi connectivity index (χ4v) is 2.78. The summed E-state index contributed by atoms with van der Waals surface area (Å²) in [7, 11) is -2.44. The molecule has 0 unspecified atom stereocenters. The monoisotopic (exact) mass is 369 g/mol. The number of rotatable bonds is 5. The molecule has 24 heavy (non-hydrogen) atoms. The Morgan fingerprint density at radius 3 is 2.54 bits per heavy atom. The van der Waals surface area contributed by atoms with Crippen molar-refractivity contribution < 1.29 is 18.1 Å². The molecular weight excluding hydrogens is 358 g/mol. The van der Waals surface area contributed by atoms with Crippen molar-refractivity contribution in [2.24, 2.45) is 0 Å². The second-order valence-corrected chi connectivity index (χ2v) is 6.90. The summed E-state index contributed by atoms with van der Waals surface area (Å²) in [6.45, 7) is 0. The number of halogens is 1. The van der Waals surface area contributed by atoms with E-state index < -0.39 is 20.9 Å². The van der Waals surface area contributed by atoms with E-state index >= 15 is 0 Å². The van der Waals surface area contributed by atoms with Crippen molar-refractivity contribution in [2.75, 3.05) is 12.4 Å². The molecule has 0 saturated heterocycles. The number of nitro benzene ring substituents is 1. The fraction of sp³-hybridized carbons (Fsp3) is 0.0714. The van der Waals surface area contributed by atoms with Crippen LogP contribution in [0.3, 0.4) is 0 Å². The Kier molecular flexibility index (Phi) is 5.17. The molecule has 0 heterocycles. The molecule has 0 aromatic heterocycles. The average molecular weight is 370 g/mol. The molecule has 0 bridgehead atoms. The number of nitrogens with one attached hydrogen (secondary N) is 2. The van der Waals surface area contributed by atoms with Crippen molar-refractivity contribution in [3.63, 3.8) is 0 Å². The molecule has 0 aliphatic carbocycles. The number of amides is 1. The average Bonchev–Trinajstić information content (AvgIpc) is 2.56. The largest absolute Gasteiger partial charge is 0.320 e. The van der Waals surface area contributed by atoms with Crippen molar-refractivity contribution in [3.05, 3.63) is 63.2 Å². The van der Waals surface area contributed by atoms with Crippen LogP contribution >= 0.6 is 11.6 Å². The Labute approximate surface area is 142 Å². The van der Waals surface area contributed by atoms with Crippen LogP contribution in [-0.2, 0) is 10.0 Å². The minimum atomic E-state index is -3.70. The predicted octanol–water partition coefficient (Wildman–Crippen LogP) is 2.41. The Morgan fingerprint density at radius 2 is 1.92 bits per heavy atom. The quantitative estimate of drug-likeness (QED) is 0.619. The van der Waals surface area contributed by atoms with E-state index in [4.69, 9.17) is 11.6 Å². The Hall–Kier alpha value is -2.49. The number of carbonyl (C=O) groups excluding carboxylic acids is 1. The maximum Gasteiger partial charge on any atom is 0.271 e. The Bertz CT molecular complexity index is 914. The van der Waals surface area contributed by atoms with Gasteiger partial charge >= 0.3 is 0 Å². The summed E-state index contributed by atoms with van der Waals surface area (Å²) in [5.41, 5.74) is -0.118. The first-order chi connectivity index (χ1) is 11.2. The van der Waals surface area contributed by atoms with E-state index in [1.807, 2.05) is 0 Å². The van der Waals surface area contributed by atoms with Crippen molar-refractivity contribution in [1.82, 2.24) is 4.72 Å². The van der Waals surface area contributed by atoms with Crippen LogP contribution in [0.2, 0.25) is 5.02 Å². The molecule has 0 fully saturated rings. The van der Waals surface area contributed by atoms with Crippen LogP contribution in [-0.4, -0.2) is 26.3 Å². The maximum absolute atomic E-state index is 12.3. The molecule has 2 aromatic carbocycles. The number of hydrogen-bond donors (Lipinski definition) is 2. The molecule has 0 aliphatic heterocycles. The topological polar surface area (TPSA) is 118 Å². The van der Waals surface area contributed by atoms with Gasteiger partial charge in [-0.3, -0.25) is 14.9 Å². The lowest BCUT2D eigenvalue weighted by molar-refractivity contribution is -0.384. The molecule has 2 rings (SSSR count). The van der Waals surface area contributed by atoms with Crippen molar-refractivity contribution in [1.29, 1.82) is 0 Å². The zero-order valence-electron chi connectivity index (χ0n) is 12.3. The molecule has 0 aliphatic rings. The zero-order valence-corrected chi connectivity index (χ0v) is 13.9. The van der Waals surface area contributed by atoms with E-state index in [1.165, 1.54) is 43.4 Å². The van der Waals surface area contributed by atoms with Gasteiger partial charge in [0.05, 0.1) is 20.5 Å². The highest BCUT2D eigenvalue weighted by Gasteiger charge is 2.16. The summed E-state index contributed by atoms with van der Waals surface area (Å²) < 4.78 is 25.7. The molecule has 0 atom stereocenters. The van der Waals surface area contributed by atoms with E-state index in [-0.39, 0.29) is 26.9 Å². The summed E-state index contributed by atoms with van der Waals surface area (Å²) in [6.07, 6.45) is 0. The summed E-state index contributed by atoms with van der Waals surface area (Å²) in [5, 5.41) is 13.3. The third kappa shape index (κ3) is 3.88. The molecule has 1 amide bonds. The van der Waals surface area contributed by atoms with Gasteiger partial charge < -0.3 is 5.32 Å². The van der Waals surface area contributed by atoms with Crippen LogP contribution in [0.1, 0.15) is 10.4 Å². The van der Waals surface area contributed by atoms with Gasteiger partial charge in [0.25, 0.3) is 11.6 Å². The summed E-state index contributed by atoms with van der Waals surface area (Å²) in [6, 6.07) is 8.96. The summed E-state index contributed by atoms with van der Waals surface area (Å²) >= 11 is 5.92. The highest BCUT2D eigenvalue weighted by Crippen LogP contribution is 2.27. The Morgan fingerprint density at radius 1 is 1.21 bits per heavy atom. The number of benzene rings is 2. The predicted molar refractivity (Wildman–Crippen MR) is 88.7 cm³/mol. The first kappa shape index (κ1) is 17.9. The SMILES string of the molecule is CNS(=O)(=O)c1cccc(C(=O)Nc2cc([N+](=O)[O-])ccc2Cl)c1. The van der Waals surface area contributed by atoms with Crippen LogP contribution in [0, 0.1) is 10.1 Å². The number of anilines is 1. The minimum Gasteiger partial charge on any atom is -0.320 e. The van der Waals surface area contributed by atoms with Gasteiger partial charge in [0, 0.05) is 17.7 Å². The molecule has 2 aromatic rings. The smallest absolute Gasteiger partial charge is 0.271 e. The van der Waals surface area contributed by atoms with Crippen LogP contribution in [0.4, 0.5) is 11.4 Å². The number of carbonyl (C=O) groups is 1. The molecule has 0 radical (unpaired) electrons. The first-order valence-electron chi connectivity index (χ1n) is 6.53. The molecule has 126 valence electrons. The summed E-state index contributed by atoms with van der Waals surface area (Å²) in [4.78, 5) is 22.3. The molecule has 2 N–H and O–H groups in total. The lowest BCUT2D eigenvalue weighted by atomic mass is 10.2. The minimum absolute atomic E-state index is 0.0535. The highest BCUT2D eigenvalue weighted by atomic mass is 35.5. The third-order valence-electron chi connectivity index (χ3n) is 3.08. The van der Waals surface area contributed by atoms with Crippen LogP contribution < -0.4 is 10.0 Å². The zero-order chi connectivity index (χ0) is 17.9. The van der Waals surface area contributed by atoms with E-state index in [2.05, 4.69) is 10.0 Å². The van der Waals surface area contributed by atoms with Gasteiger partial charge in [-0.25, -0.2) is 13.1 Å². The van der Waals surface area contributed by atoms with Crippen molar-refractivity contribution in [3.8, 4) is 0 Å². The van der Waals surface area contributed by atoms with Gasteiger partial charge in [0.15, 0.2) is 0 Å². The molecule has 10 heteroatoms. The van der Waals surface area contributed by atoms with E-state index in [9.17, 15) is 23.3 Å². The van der Waals surface area contributed by atoms with Gasteiger partial charge in [-0.2, -0.15) is 0 Å². The molecular formula is C14H12ClN3O5S. The summed E-state index contributed by atoms with van der Waals surface area (Å²) in [5.74, 6) is -0.648. The van der Waals surface area contributed by atoms with E-state index in [0.29, 0.717) is 0 Å². The van der Waals surface area contributed by atoms with Gasteiger partial charge in [-0.05, 0) is 31.3 Å². The third-order valence-corrected chi connectivity index (χ3v) is 4.83. The van der Waals surface area contributed by atoms with Crippen LogP contribution in [0.15, 0.2) is 47.4 Å². The Balaban J connectivity index is 2.33. The number of nitrogens with zero attached hydrogens (tertiary/aromatic N) is 1. The van der Waals surface area contributed by atoms with E-state index in [1.54, 1.807) is 0 Å². The normalized spacial score (nSPS) is 11.1. The highest BCUT2D eigenvalue weighted by molar-refractivity contribution is 7.89. The second kappa shape index (κ2) is 6.95. The van der Waals surface area contributed by atoms with Crippen LogP contribution in [0.25, 0.3) is 0 Å². The van der Waals surface area contributed by atoms with Gasteiger partial charge in [0.2, 0.25) is 10.0 Å². The number of nitro groups is 1. The first-order valence-corrected chi connectivity index (χ1v) is 8.39. The van der Waals surface area contributed by atoms with Crippen LogP contribution in [0.5, 0.6) is 0 Å². The number of non-ortho nitro benzene ring substituents is 1. The van der Waals surface area contributed by atoms with Crippen molar-refractivity contribution in [2.45, 2.75) is 4.90 Å². The second-order valence-electron chi connectivity index (χ2n) is 4.61. The fourth-order valence-electron chi connectivity index (χ4n) is 1.84.